The molecule has 1 aliphatic heterocycles. The standard InChI is InChI=1S/C17H28N4O2/c1-11(2)9-20-10-15(8-16(20)22)17(23)18-6-7-21-14(5)12(3)13(4)19-21/h11,15H,6-10H2,1-5H3,(H,18,23). The van der Waals surface area contributed by atoms with Gasteiger partial charge in [0.2, 0.25) is 11.8 Å². The maximum Gasteiger partial charge on any atom is 0.225 e. The molecule has 0 radical (unpaired) electrons. The van der Waals surface area contributed by atoms with E-state index in [-0.39, 0.29) is 17.7 Å². The van der Waals surface area contributed by atoms with Crippen LogP contribution in [0.4, 0.5) is 0 Å². The van der Waals surface area contributed by atoms with Gasteiger partial charge in [-0.05, 0) is 32.3 Å². The fourth-order valence-electron chi connectivity index (χ4n) is 3.00. The number of amides is 2. The summed E-state index contributed by atoms with van der Waals surface area (Å²) in [6.07, 6.45) is 0.331. The Morgan fingerprint density at radius 3 is 2.61 bits per heavy atom. The van der Waals surface area contributed by atoms with E-state index in [0.717, 1.165) is 17.9 Å². The van der Waals surface area contributed by atoms with Crippen molar-refractivity contribution < 1.29 is 9.59 Å². The van der Waals surface area contributed by atoms with Crippen molar-refractivity contribution in [3.63, 3.8) is 0 Å². The first-order valence-corrected chi connectivity index (χ1v) is 8.35. The van der Waals surface area contributed by atoms with E-state index in [4.69, 9.17) is 0 Å². The van der Waals surface area contributed by atoms with E-state index in [1.807, 2.05) is 18.5 Å². The Hall–Kier alpha value is -1.85. The van der Waals surface area contributed by atoms with Crippen LogP contribution < -0.4 is 5.32 Å². The third-order valence-electron chi connectivity index (χ3n) is 4.54. The molecule has 0 saturated carbocycles. The van der Waals surface area contributed by atoms with Crippen LogP contribution in [0.15, 0.2) is 0 Å². The average molecular weight is 320 g/mol. The summed E-state index contributed by atoms with van der Waals surface area (Å²) < 4.78 is 1.93. The zero-order valence-electron chi connectivity index (χ0n) is 14.8. The molecule has 2 amide bonds. The fraction of sp³-hybridized carbons (Fsp3) is 0.706. The smallest absolute Gasteiger partial charge is 0.225 e. The lowest BCUT2D eigenvalue weighted by Crippen LogP contribution is -2.35. The molecular formula is C17H28N4O2. The van der Waals surface area contributed by atoms with Gasteiger partial charge in [0, 0.05) is 31.7 Å². The number of nitrogens with zero attached hydrogens (tertiary/aromatic N) is 3. The quantitative estimate of drug-likeness (QED) is 0.862. The lowest BCUT2D eigenvalue weighted by Gasteiger charge is -2.18. The van der Waals surface area contributed by atoms with E-state index in [1.165, 1.54) is 5.56 Å². The number of hydrogen-bond acceptors (Lipinski definition) is 3. The van der Waals surface area contributed by atoms with Gasteiger partial charge in [-0.1, -0.05) is 13.8 Å². The molecule has 6 nitrogen and oxygen atoms in total. The third-order valence-corrected chi connectivity index (χ3v) is 4.54. The van der Waals surface area contributed by atoms with Crippen molar-refractivity contribution >= 4 is 11.8 Å². The molecule has 1 atom stereocenters. The molecule has 1 saturated heterocycles. The summed E-state index contributed by atoms with van der Waals surface area (Å²) in [5.41, 5.74) is 3.36. The number of carbonyl (C=O) groups is 2. The van der Waals surface area contributed by atoms with Crippen LogP contribution in [0.5, 0.6) is 0 Å². The molecule has 1 aromatic heterocycles. The molecule has 0 spiro atoms. The van der Waals surface area contributed by atoms with E-state index < -0.39 is 0 Å². The van der Waals surface area contributed by atoms with Crippen LogP contribution in [0.25, 0.3) is 0 Å². The molecule has 1 N–H and O–H groups in total. The highest BCUT2D eigenvalue weighted by Gasteiger charge is 2.34. The first-order chi connectivity index (χ1) is 10.8. The van der Waals surface area contributed by atoms with E-state index in [0.29, 0.717) is 32.0 Å². The van der Waals surface area contributed by atoms with Gasteiger partial charge in [0.15, 0.2) is 0 Å². The minimum atomic E-state index is -0.219. The van der Waals surface area contributed by atoms with Crippen LogP contribution in [0.1, 0.15) is 37.2 Å². The van der Waals surface area contributed by atoms with Crippen LogP contribution in [-0.4, -0.2) is 46.1 Å². The number of aryl methyl sites for hydroxylation is 1. The van der Waals surface area contributed by atoms with Crippen molar-refractivity contribution in [1.82, 2.24) is 20.0 Å². The second-order valence-corrected chi connectivity index (χ2v) is 6.90. The molecule has 6 heteroatoms. The van der Waals surface area contributed by atoms with E-state index >= 15 is 0 Å². The van der Waals surface area contributed by atoms with Crippen molar-refractivity contribution in [1.29, 1.82) is 0 Å². The molecule has 128 valence electrons. The second kappa shape index (κ2) is 7.15. The molecule has 2 heterocycles. The average Bonchev–Trinajstić information content (AvgIpc) is 2.95. The van der Waals surface area contributed by atoms with Crippen molar-refractivity contribution in [3.05, 3.63) is 17.0 Å². The van der Waals surface area contributed by atoms with Gasteiger partial charge in [-0.15, -0.1) is 0 Å². The number of rotatable bonds is 6. The lowest BCUT2D eigenvalue weighted by molar-refractivity contribution is -0.129. The highest BCUT2D eigenvalue weighted by atomic mass is 16.2. The summed E-state index contributed by atoms with van der Waals surface area (Å²) in [6.45, 7) is 12.7. The Morgan fingerprint density at radius 1 is 1.35 bits per heavy atom. The van der Waals surface area contributed by atoms with Gasteiger partial charge in [0.1, 0.15) is 0 Å². The van der Waals surface area contributed by atoms with Gasteiger partial charge in [-0.3, -0.25) is 14.3 Å². The molecule has 23 heavy (non-hydrogen) atoms. The zero-order chi connectivity index (χ0) is 17.1. The Bertz CT molecular complexity index is 592. The summed E-state index contributed by atoms with van der Waals surface area (Å²) in [4.78, 5) is 26.0. The van der Waals surface area contributed by atoms with Gasteiger partial charge in [0.05, 0.1) is 18.2 Å². The Labute approximate surface area is 138 Å². The van der Waals surface area contributed by atoms with Gasteiger partial charge < -0.3 is 10.2 Å². The molecular weight excluding hydrogens is 292 g/mol. The van der Waals surface area contributed by atoms with E-state index in [9.17, 15) is 9.59 Å². The topological polar surface area (TPSA) is 67.2 Å². The van der Waals surface area contributed by atoms with Crippen LogP contribution in [0.2, 0.25) is 0 Å². The van der Waals surface area contributed by atoms with Crippen molar-refractivity contribution in [2.24, 2.45) is 11.8 Å². The van der Waals surface area contributed by atoms with Gasteiger partial charge in [-0.2, -0.15) is 5.10 Å². The molecule has 1 unspecified atom stereocenters. The number of aromatic nitrogens is 2. The maximum atomic E-state index is 12.2. The summed E-state index contributed by atoms with van der Waals surface area (Å²) in [6, 6.07) is 0. The van der Waals surface area contributed by atoms with E-state index in [2.05, 4.69) is 31.2 Å². The normalized spacial score (nSPS) is 18.1. The number of nitrogens with one attached hydrogen (secondary N) is 1. The van der Waals surface area contributed by atoms with Crippen molar-refractivity contribution in [3.8, 4) is 0 Å². The Morgan fingerprint density at radius 2 is 2.04 bits per heavy atom. The van der Waals surface area contributed by atoms with Crippen LogP contribution in [0, 0.1) is 32.6 Å². The van der Waals surface area contributed by atoms with E-state index in [1.54, 1.807) is 4.90 Å². The van der Waals surface area contributed by atoms with Crippen LogP contribution >= 0.6 is 0 Å². The predicted molar refractivity (Wildman–Crippen MR) is 89.0 cm³/mol. The molecule has 1 aromatic rings. The fourth-order valence-corrected chi connectivity index (χ4v) is 3.00. The van der Waals surface area contributed by atoms with Gasteiger partial charge in [0.25, 0.3) is 0 Å². The van der Waals surface area contributed by atoms with Crippen LogP contribution in [-0.2, 0) is 16.1 Å². The highest BCUT2D eigenvalue weighted by molar-refractivity contribution is 5.89. The van der Waals surface area contributed by atoms with Crippen LogP contribution in [0.3, 0.4) is 0 Å². The summed E-state index contributed by atoms with van der Waals surface area (Å²) in [5.74, 6) is 0.273. The van der Waals surface area contributed by atoms with Gasteiger partial charge >= 0.3 is 0 Å². The van der Waals surface area contributed by atoms with Crippen molar-refractivity contribution in [2.75, 3.05) is 19.6 Å². The summed E-state index contributed by atoms with van der Waals surface area (Å²) in [7, 11) is 0. The summed E-state index contributed by atoms with van der Waals surface area (Å²) >= 11 is 0. The van der Waals surface area contributed by atoms with Gasteiger partial charge in [-0.25, -0.2) is 0 Å². The lowest BCUT2D eigenvalue weighted by atomic mass is 10.1. The van der Waals surface area contributed by atoms with Crippen molar-refractivity contribution in [2.45, 2.75) is 47.6 Å². The molecule has 1 aliphatic rings. The molecule has 2 rings (SSSR count). The molecule has 0 aromatic carbocycles. The second-order valence-electron chi connectivity index (χ2n) is 6.90. The molecule has 1 fully saturated rings. The maximum absolute atomic E-state index is 12.2. The Balaban J connectivity index is 1.81. The molecule has 0 aliphatic carbocycles. The summed E-state index contributed by atoms with van der Waals surface area (Å²) in [5, 5.41) is 7.41. The minimum absolute atomic E-state index is 0.0251. The Kier molecular flexibility index (Phi) is 5.44. The monoisotopic (exact) mass is 320 g/mol. The highest BCUT2D eigenvalue weighted by Crippen LogP contribution is 2.19. The number of likely N-dealkylation sites (tertiary alicyclic amines) is 1. The zero-order valence-corrected chi connectivity index (χ0v) is 14.8. The number of hydrogen-bond donors (Lipinski definition) is 1. The minimum Gasteiger partial charge on any atom is -0.354 e. The SMILES string of the molecule is Cc1nn(CCNC(=O)C2CC(=O)N(CC(C)C)C2)c(C)c1C. The predicted octanol–water partition coefficient (Wildman–Crippen LogP) is 1.43. The number of carbonyl (C=O) groups excluding carboxylic acids is 2. The molecule has 0 bridgehead atoms. The first kappa shape index (κ1) is 17.5. The largest absolute Gasteiger partial charge is 0.354 e. The first-order valence-electron chi connectivity index (χ1n) is 8.35. The third kappa shape index (κ3) is 4.12.